The maximum absolute atomic E-state index is 13.1. The normalized spacial score (nSPS) is 11.6. The van der Waals surface area contributed by atoms with E-state index < -0.39 is 23.7 Å². The van der Waals surface area contributed by atoms with Crippen molar-refractivity contribution >= 4 is 29.1 Å². The number of amides is 2. The summed E-state index contributed by atoms with van der Waals surface area (Å²) in [7, 11) is 0. The van der Waals surface area contributed by atoms with Crippen molar-refractivity contribution in [2.75, 3.05) is 5.32 Å². The molecule has 0 saturated carbocycles. The molecular formula is C16H14ClFN2O2. The van der Waals surface area contributed by atoms with E-state index in [-0.39, 0.29) is 5.56 Å². The molecule has 0 aliphatic rings. The molecular weight excluding hydrogens is 307 g/mol. The van der Waals surface area contributed by atoms with Crippen LogP contribution < -0.4 is 10.6 Å². The highest BCUT2D eigenvalue weighted by Crippen LogP contribution is 2.20. The number of hydrogen-bond donors (Lipinski definition) is 2. The van der Waals surface area contributed by atoms with Crippen LogP contribution in [0.3, 0.4) is 0 Å². The minimum absolute atomic E-state index is 0.150. The van der Waals surface area contributed by atoms with Gasteiger partial charge in [0.15, 0.2) is 0 Å². The standard InChI is InChI=1S/C16H14ClFN2O2/c1-10(15(21)20-14-8-3-2-7-13(14)17)19-16(22)11-5-4-6-12(18)9-11/h2-10H,1H3,(H,19,22)(H,20,21). The summed E-state index contributed by atoms with van der Waals surface area (Å²) in [6.07, 6.45) is 0. The van der Waals surface area contributed by atoms with Crippen molar-refractivity contribution in [2.45, 2.75) is 13.0 Å². The number of carbonyl (C=O) groups is 2. The first-order chi connectivity index (χ1) is 10.5. The van der Waals surface area contributed by atoms with Gasteiger partial charge in [0, 0.05) is 5.56 Å². The average molecular weight is 321 g/mol. The van der Waals surface area contributed by atoms with Crippen molar-refractivity contribution in [3.8, 4) is 0 Å². The van der Waals surface area contributed by atoms with Crippen molar-refractivity contribution in [3.63, 3.8) is 0 Å². The molecule has 0 aromatic heterocycles. The topological polar surface area (TPSA) is 58.2 Å². The van der Waals surface area contributed by atoms with Gasteiger partial charge in [0.25, 0.3) is 5.91 Å². The lowest BCUT2D eigenvalue weighted by atomic mass is 10.2. The molecule has 0 spiro atoms. The molecule has 0 bridgehead atoms. The van der Waals surface area contributed by atoms with Crippen molar-refractivity contribution in [2.24, 2.45) is 0 Å². The summed E-state index contributed by atoms with van der Waals surface area (Å²) < 4.78 is 13.1. The molecule has 4 nitrogen and oxygen atoms in total. The van der Waals surface area contributed by atoms with Gasteiger partial charge in [0.2, 0.25) is 5.91 Å². The summed E-state index contributed by atoms with van der Waals surface area (Å²) in [6, 6.07) is 11.2. The van der Waals surface area contributed by atoms with E-state index in [1.54, 1.807) is 24.3 Å². The fraction of sp³-hybridized carbons (Fsp3) is 0.125. The lowest BCUT2D eigenvalue weighted by molar-refractivity contribution is -0.117. The predicted octanol–water partition coefficient (Wildman–Crippen LogP) is 3.24. The monoisotopic (exact) mass is 320 g/mol. The number of anilines is 1. The summed E-state index contributed by atoms with van der Waals surface area (Å²) in [4.78, 5) is 24.0. The highest BCUT2D eigenvalue weighted by molar-refractivity contribution is 6.33. The molecule has 2 aromatic rings. The van der Waals surface area contributed by atoms with Crippen LogP contribution in [0.5, 0.6) is 0 Å². The predicted molar refractivity (Wildman–Crippen MR) is 83.4 cm³/mol. The van der Waals surface area contributed by atoms with Crippen LogP contribution in [0.4, 0.5) is 10.1 Å². The van der Waals surface area contributed by atoms with Gasteiger partial charge >= 0.3 is 0 Å². The SMILES string of the molecule is CC(NC(=O)c1cccc(F)c1)C(=O)Nc1ccccc1Cl. The summed E-state index contributed by atoms with van der Waals surface area (Å²) in [5.74, 6) is -1.46. The third-order valence-electron chi connectivity index (χ3n) is 2.96. The van der Waals surface area contributed by atoms with Crippen LogP contribution in [0.15, 0.2) is 48.5 Å². The Balaban J connectivity index is 1.99. The Morgan fingerprint density at radius 1 is 1.14 bits per heavy atom. The van der Waals surface area contributed by atoms with E-state index in [0.717, 1.165) is 6.07 Å². The van der Waals surface area contributed by atoms with Gasteiger partial charge in [-0.1, -0.05) is 29.8 Å². The van der Waals surface area contributed by atoms with Crippen LogP contribution in [-0.2, 0) is 4.79 Å². The molecule has 22 heavy (non-hydrogen) atoms. The van der Waals surface area contributed by atoms with Gasteiger partial charge in [-0.05, 0) is 37.3 Å². The van der Waals surface area contributed by atoms with E-state index in [0.29, 0.717) is 10.7 Å². The summed E-state index contributed by atoms with van der Waals surface area (Å²) in [5.41, 5.74) is 0.610. The molecule has 2 N–H and O–H groups in total. The third-order valence-corrected chi connectivity index (χ3v) is 3.29. The van der Waals surface area contributed by atoms with E-state index in [4.69, 9.17) is 11.6 Å². The van der Waals surface area contributed by atoms with Gasteiger partial charge in [0.05, 0.1) is 10.7 Å². The number of rotatable bonds is 4. The fourth-order valence-electron chi connectivity index (χ4n) is 1.78. The van der Waals surface area contributed by atoms with Crippen LogP contribution in [0.1, 0.15) is 17.3 Å². The summed E-state index contributed by atoms with van der Waals surface area (Å²) >= 11 is 5.95. The Morgan fingerprint density at radius 2 is 1.86 bits per heavy atom. The highest BCUT2D eigenvalue weighted by atomic mass is 35.5. The Labute approximate surface area is 132 Å². The average Bonchev–Trinajstić information content (AvgIpc) is 2.49. The second-order valence-corrected chi connectivity index (χ2v) is 5.08. The molecule has 0 radical (unpaired) electrons. The Kier molecular flexibility index (Phi) is 5.12. The van der Waals surface area contributed by atoms with Gasteiger partial charge in [0.1, 0.15) is 11.9 Å². The van der Waals surface area contributed by atoms with Crippen LogP contribution in [0, 0.1) is 5.82 Å². The number of halogens is 2. The van der Waals surface area contributed by atoms with E-state index in [2.05, 4.69) is 10.6 Å². The second-order valence-electron chi connectivity index (χ2n) is 4.67. The molecule has 0 aliphatic heterocycles. The fourth-order valence-corrected chi connectivity index (χ4v) is 1.96. The molecule has 2 rings (SSSR count). The number of para-hydroxylation sites is 1. The van der Waals surface area contributed by atoms with E-state index in [1.165, 1.54) is 25.1 Å². The molecule has 2 amide bonds. The zero-order chi connectivity index (χ0) is 16.1. The van der Waals surface area contributed by atoms with Crippen LogP contribution in [0.2, 0.25) is 5.02 Å². The molecule has 1 unspecified atom stereocenters. The van der Waals surface area contributed by atoms with Gasteiger partial charge < -0.3 is 10.6 Å². The van der Waals surface area contributed by atoms with Crippen LogP contribution >= 0.6 is 11.6 Å². The van der Waals surface area contributed by atoms with E-state index in [9.17, 15) is 14.0 Å². The Hall–Kier alpha value is -2.40. The second kappa shape index (κ2) is 7.04. The third kappa shape index (κ3) is 4.05. The van der Waals surface area contributed by atoms with Crippen LogP contribution in [0.25, 0.3) is 0 Å². The van der Waals surface area contributed by atoms with Crippen molar-refractivity contribution in [1.29, 1.82) is 0 Å². The highest BCUT2D eigenvalue weighted by Gasteiger charge is 2.17. The minimum Gasteiger partial charge on any atom is -0.341 e. The Morgan fingerprint density at radius 3 is 2.55 bits per heavy atom. The molecule has 0 heterocycles. The number of benzene rings is 2. The Bertz CT molecular complexity index is 706. The van der Waals surface area contributed by atoms with Crippen molar-refractivity contribution in [3.05, 3.63) is 64.9 Å². The largest absolute Gasteiger partial charge is 0.341 e. The number of carbonyl (C=O) groups excluding carboxylic acids is 2. The maximum Gasteiger partial charge on any atom is 0.252 e. The van der Waals surface area contributed by atoms with Gasteiger partial charge in [-0.2, -0.15) is 0 Å². The molecule has 114 valence electrons. The van der Waals surface area contributed by atoms with Crippen molar-refractivity contribution in [1.82, 2.24) is 5.32 Å². The molecule has 0 aliphatic carbocycles. The zero-order valence-corrected chi connectivity index (χ0v) is 12.5. The molecule has 0 fully saturated rings. The summed E-state index contributed by atoms with van der Waals surface area (Å²) in [5, 5.41) is 5.52. The quantitative estimate of drug-likeness (QED) is 0.908. The van der Waals surface area contributed by atoms with Crippen molar-refractivity contribution < 1.29 is 14.0 Å². The smallest absolute Gasteiger partial charge is 0.252 e. The molecule has 0 saturated heterocycles. The lowest BCUT2D eigenvalue weighted by Gasteiger charge is -2.15. The summed E-state index contributed by atoms with van der Waals surface area (Å²) in [6.45, 7) is 1.53. The van der Waals surface area contributed by atoms with E-state index in [1.807, 2.05) is 0 Å². The first-order valence-electron chi connectivity index (χ1n) is 6.59. The molecule has 6 heteroatoms. The number of nitrogens with one attached hydrogen (secondary N) is 2. The van der Waals surface area contributed by atoms with E-state index >= 15 is 0 Å². The molecule has 1 atom stereocenters. The minimum atomic E-state index is -0.799. The first-order valence-corrected chi connectivity index (χ1v) is 6.97. The molecule has 2 aromatic carbocycles. The number of hydrogen-bond acceptors (Lipinski definition) is 2. The first kappa shape index (κ1) is 16.0. The maximum atomic E-state index is 13.1. The van der Waals surface area contributed by atoms with Gasteiger partial charge in [-0.3, -0.25) is 9.59 Å². The lowest BCUT2D eigenvalue weighted by Crippen LogP contribution is -2.41. The zero-order valence-electron chi connectivity index (χ0n) is 11.8. The van der Waals surface area contributed by atoms with Gasteiger partial charge in [-0.25, -0.2) is 4.39 Å². The van der Waals surface area contributed by atoms with Gasteiger partial charge in [-0.15, -0.1) is 0 Å². The van der Waals surface area contributed by atoms with Crippen LogP contribution in [-0.4, -0.2) is 17.9 Å².